The number of amides is 1. The summed E-state index contributed by atoms with van der Waals surface area (Å²) in [5, 5.41) is 0.698. The van der Waals surface area contributed by atoms with Gasteiger partial charge in [-0.2, -0.15) is 0 Å². The van der Waals surface area contributed by atoms with Crippen LogP contribution in [0.2, 0.25) is 5.02 Å². The average molecular weight is 291 g/mol. The van der Waals surface area contributed by atoms with Gasteiger partial charge in [0.2, 0.25) is 0 Å². The van der Waals surface area contributed by atoms with Gasteiger partial charge in [-0.1, -0.05) is 23.7 Å². The Kier molecular flexibility index (Phi) is 3.76. The van der Waals surface area contributed by atoms with Gasteiger partial charge in [0.15, 0.2) is 0 Å². The van der Waals surface area contributed by atoms with E-state index in [2.05, 4.69) is 4.98 Å². The van der Waals surface area contributed by atoms with Crippen molar-refractivity contribution in [1.82, 2.24) is 9.88 Å². The molecule has 1 atom stereocenters. The third-order valence-corrected chi connectivity index (χ3v) is 3.68. The number of H-pyrrole nitrogens is 1. The highest BCUT2D eigenvalue weighted by molar-refractivity contribution is 6.30. The number of rotatable bonds is 2. The number of aromatic nitrogens is 1. The minimum atomic E-state index is -0.0973. The Bertz CT molecular complexity index is 580. The lowest BCUT2D eigenvalue weighted by atomic mass is 10.1. The van der Waals surface area contributed by atoms with Crippen LogP contribution in [-0.4, -0.2) is 35.5 Å². The summed E-state index contributed by atoms with van der Waals surface area (Å²) >= 11 is 5.89. The average Bonchev–Trinajstić information content (AvgIpc) is 3.01. The van der Waals surface area contributed by atoms with E-state index in [1.165, 1.54) is 0 Å². The first kappa shape index (κ1) is 13.2. The number of halogens is 1. The van der Waals surface area contributed by atoms with Gasteiger partial charge in [-0.3, -0.25) is 4.79 Å². The predicted octanol–water partition coefficient (Wildman–Crippen LogP) is 2.88. The molecule has 5 heteroatoms. The van der Waals surface area contributed by atoms with Crippen LogP contribution >= 0.6 is 11.6 Å². The summed E-state index contributed by atoms with van der Waals surface area (Å²) < 4.78 is 5.75. The van der Waals surface area contributed by atoms with Gasteiger partial charge < -0.3 is 14.6 Å². The van der Waals surface area contributed by atoms with E-state index in [-0.39, 0.29) is 12.0 Å². The number of carbonyl (C=O) groups excluding carboxylic acids is 1. The fraction of sp³-hybridized carbons (Fsp3) is 0.267. The van der Waals surface area contributed by atoms with Gasteiger partial charge in [0.05, 0.1) is 13.2 Å². The number of carbonyl (C=O) groups is 1. The van der Waals surface area contributed by atoms with E-state index < -0.39 is 0 Å². The summed E-state index contributed by atoms with van der Waals surface area (Å²) in [6.45, 7) is 1.71. The first-order valence-corrected chi connectivity index (χ1v) is 6.91. The Labute approximate surface area is 122 Å². The van der Waals surface area contributed by atoms with E-state index in [1.807, 2.05) is 35.2 Å². The molecule has 0 aliphatic carbocycles. The van der Waals surface area contributed by atoms with Crippen molar-refractivity contribution in [1.29, 1.82) is 0 Å². The Morgan fingerprint density at radius 3 is 2.80 bits per heavy atom. The van der Waals surface area contributed by atoms with E-state index >= 15 is 0 Å². The summed E-state index contributed by atoms with van der Waals surface area (Å²) in [7, 11) is 0. The smallest absolute Gasteiger partial charge is 0.270 e. The third-order valence-electron chi connectivity index (χ3n) is 3.42. The van der Waals surface area contributed by atoms with E-state index in [9.17, 15) is 4.79 Å². The van der Waals surface area contributed by atoms with Crippen molar-refractivity contribution >= 4 is 17.5 Å². The molecular formula is C15H15ClN2O2. The minimum absolute atomic E-state index is 0.0114. The third kappa shape index (κ3) is 2.71. The van der Waals surface area contributed by atoms with Crippen LogP contribution in [0.15, 0.2) is 42.6 Å². The number of nitrogens with one attached hydrogen (secondary N) is 1. The maximum Gasteiger partial charge on any atom is 0.270 e. The molecule has 1 unspecified atom stereocenters. The van der Waals surface area contributed by atoms with Crippen molar-refractivity contribution in [2.45, 2.75) is 6.10 Å². The Hall–Kier alpha value is -1.78. The molecule has 104 valence electrons. The van der Waals surface area contributed by atoms with Gasteiger partial charge in [0, 0.05) is 17.8 Å². The molecule has 2 aromatic rings. The van der Waals surface area contributed by atoms with E-state index in [4.69, 9.17) is 16.3 Å². The van der Waals surface area contributed by atoms with Crippen LogP contribution in [0.4, 0.5) is 0 Å². The minimum Gasteiger partial charge on any atom is -0.370 e. The van der Waals surface area contributed by atoms with Gasteiger partial charge >= 0.3 is 0 Å². The lowest BCUT2D eigenvalue weighted by Gasteiger charge is -2.33. The lowest BCUT2D eigenvalue weighted by molar-refractivity contribution is -0.0229. The van der Waals surface area contributed by atoms with E-state index in [1.54, 1.807) is 12.3 Å². The molecule has 0 spiro atoms. The van der Waals surface area contributed by atoms with Gasteiger partial charge in [0.25, 0.3) is 5.91 Å². The highest BCUT2D eigenvalue weighted by Crippen LogP contribution is 2.24. The fourth-order valence-corrected chi connectivity index (χ4v) is 2.47. The van der Waals surface area contributed by atoms with Crippen LogP contribution in [0, 0.1) is 0 Å². The van der Waals surface area contributed by atoms with Crippen LogP contribution in [-0.2, 0) is 4.74 Å². The van der Waals surface area contributed by atoms with Crippen LogP contribution in [0.5, 0.6) is 0 Å². The normalized spacial score (nSPS) is 19.1. The lowest BCUT2D eigenvalue weighted by Crippen LogP contribution is -2.42. The quantitative estimate of drug-likeness (QED) is 0.924. The molecule has 1 aliphatic rings. The Morgan fingerprint density at radius 2 is 2.10 bits per heavy atom. The molecule has 1 N–H and O–H groups in total. The zero-order valence-electron chi connectivity index (χ0n) is 10.9. The van der Waals surface area contributed by atoms with Crippen molar-refractivity contribution in [2.75, 3.05) is 19.7 Å². The molecule has 1 aromatic carbocycles. The largest absolute Gasteiger partial charge is 0.370 e. The van der Waals surface area contributed by atoms with Crippen LogP contribution < -0.4 is 0 Å². The molecule has 0 saturated carbocycles. The molecule has 4 nitrogen and oxygen atoms in total. The summed E-state index contributed by atoms with van der Waals surface area (Å²) in [4.78, 5) is 17.1. The second-order valence-electron chi connectivity index (χ2n) is 4.75. The summed E-state index contributed by atoms with van der Waals surface area (Å²) in [6, 6.07) is 11.2. The number of benzene rings is 1. The van der Waals surface area contributed by atoms with Crippen molar-refractivity contribution in [3.05, 3.63) is 58.9 Å². The molecule has 0 radical (unpaired) electrons. The van der Waals surface area contributed by atoms with Gasteiger partial charge in [-0.25, -0.2) is 0 Å². The molecule has 0 bridgehead atoms. The van der Waals surface area contributed by atoms with Gasteiger partial charge in [-0.05, 0) is 29.8 Å². The van der Waals surface area contributed by atoms with E-state index in [0.29, 0.717) is 30.4 Å². The molecule has 1 amide bonds. The highest BCUT2D eigenvalue weighted by Gasteiger charge is 2.26. The van der Waals surface area contributed by atoms with Crippen molar-refractivity contribution < 1.29 is 9.53 Å². The Balaban J connectivity index is 1.73. The molecular weight excluding hydrogens is 276 g/mol. The maximum atomic E-state index is 12.3. The summed E-state index contributed by atoms with van der Waals surface area (Å²) in [5.41, 5.74) is 1.65. The first-order chi connectivity index (χ1) is 9.74. The van der Waals surface area contributed by atoms with Crippen molar-refractivity contribution in [3.8, 4) is 0 Å². The number of aromatic amines is 1. The molecule has 20 heavy (non-hydrogen) atoms. The predicted molar refractivity (Wildman–Crippen MR) is 76.8 cm³/mol. The van der Waals surface area contributed by atoms with E-state index in [0.717, 1.165) is 5.56 Å². The van der Waals surface area contributed by atoms with Crippen molar-refractivity contribution in [3.63, 3.8) is 0 Å². The molecule has 1 fully saturated rings. The Morgan fingerprint density at radius 1 is 1.30 bits per heavy atom. The number of hydrogen-bond acceptors (Lipinski definition) is 2. The standard InChI is InChI=1S/C15H15ClN2O2/c16-12-5-3-11(4-6-12)14-10-18(8-9-20-14)15(19)13-2-1-7-17-13/h1-7,14,17H,8-10H2. The molecule has 1 saturated heterocycles. The van der Waals surface area contributed by atoms with Crippen LogP contribution in [0.25, 0.3) is 0 Å². The number of hydrogen-bond donors (Lipinski definition) is 1. The fourth-order valence-electron chi connectivity index (χ4n) is 2.35. The first-order valence-electron chi connectivity index (χ1n) is 6.54. The SMILES string of the molecule is O=C(c1ccc[nH]1)N1CCOC(c2ccc(Cl)cc2)C1. The van der Waals surface area contributed by atoms with Gasteiger partial charge in [0.1, 0.15) is 11.8 Å². The molecule has 2 heterocycles. The van der Waals surface area contributed by atoms with Crippen LogP contribution in [0.3, 0.4) is 0 Å². The molecule has 3 rings (SSSR count). The van der Waals surface area contributed by atoms with Gasteiger partial charge in [-0.15, -0.1) is 0 Å². The monoisotopic (exact) mass is 290 g/mol. The number of ether oxygens (including phenoxy) is 1. The zero-order chi connectivity index (χ0) is 13.9. The number of morpholine rings is 1. The van der Waals surface area contributed by atoms with Crippen molar-refractivity contribution in [2.24, 2.45) is 0 Å². The summed E-state index contributed by atoms with van der Waals surface area (Å²) in [5.74, 6) is 0.0114. The second-order valence-corrected chi connectivity index (χ2v) is 5.18. The number of nitrogens with zero attached hydrogens (tertiary/aromatic N) is 1. The topological polar surface area (TPSA) is 45.3 Å². The molecule has 1 aliphatic heterocycles. The zero-order valence-corrected chi connectivity index (χ0v) is 11.6. The molecule has 1 aromatic heterocycles. The van der Waals surface area contributed by atoms with Crippen LogP contribution in [0.1, 0.15) is 22.2 Å². The summed E-state index contributed by atoms with van der Waals surface area (Å²) in [6.07, 6.45) is 1.66. The highest BCUT2D eigenvalue weighted by atomic mass is 35.5. The second kappa shape index (κ2) is 5.69. The maximum absolute atomic E-state index is 12.3.